The van der Waals surface area contributed by atoms with Gasteiger partial charge in [0.1, 0.15) is 0 Å². The molecule has 0 bridgehead atoms. The molecule has 0 aliphatic heterocycles. The van der Waals surface area contributed by atoms with Crippen LogP contribution in [0, 0.1) is 0 Å². The maximum absolute atomic E-state index is 6.07. The van der Waals surface area contributed by atoms with Crippen LogP contribution in [0.4, 0.5) is 0 Å². The fourth-order valence-corrected chi connectivity index (χ4v) is 12.4. The second-order valence-electron chi connectivity index (χ2n) is 8.23. The highest BCUT2D eigenvalue weighted by Crippen LogP contribution is 2.18. The molecule has 0 aliphatic carbocycles. The van der Waals surface area contributed by atoms with Gasteiger partial charge in [0.2, 0.25) is 0 Å². The summed E-state index contributed by atoms with van der Waals surface area (Å²) in [5.41, 5.74) is 0. The standard InChI is InChI=1S/C12H30O2Si2.C5H16O2Si2/c1-6-7-8-9-10-11-12-16(4,5)14-15(3)13-2;1-6-8(2)7-9(3,4)5/h15H,6-12H2,1-5H3;8H,1-5H3. The van der Waals surface area contributed by atoms with Gasteiger partial charge in [-0.1, -0.05) is 45.4 Å². The third-order valence-corrected chi connectivity index (χ3v) is 14.7. The largest absolute Gasteiger partial charge is 0.438 e. The van der Waals surface area contributed by atoms with Crippen molar-refractivity contribution in [3.05, 3.63) is 0 Å². The lowest BCUT2D eigenvalue weighted by Gasteiger charge is -2.26. The van der Waals surface area contributed by atoms with E-state index in [1.807, 2.05) is 0 Å². The van der Waals surface area contributed by atoms with Crippen molar-refractivity contribution in [3.8, 4) is 0 Å². The first-order chi connectivity index (χ1) is 11.5. The van der Waals surface area contributed by atoms with Crippen LogP contribution in [0.1, 0.15) is 45.4 Å². The first-order valence-corrected chi connectivity index (χ1v) is 20.6. The Hall–Kier alpha value is 0.708. The Morgan fingerprint density at radius 2 is 1.12 bits per heavy atom. The van der Waals surface area contributed by atoms with Crippen LogP contribution in [0.3, 0.4) is 0 Å². The predicted octanol–water partition coefficient (Wildman–Crippen LogP) is 5.40. The molecular formula is C17H46O4Si4. The van der Waals surface area contributed by atoms with Crippen molar-refractivity contribution < 1.29 is 17.1 Å². The third kappa shape index (κ3) is 22.7. The SMILES string of the molecule is CCCCCCCC[Si](C)(C)O[SiH](C)OC.CO[SiH](C)O[Si](C)(C)C. The lowest BCUT2D eigenvalue weighted by atomic mass is 10.1. The highest BCUT2D eigenvalue weighted by molar-refractivity contribution is 6.77. The first kappa shape index (κ1) is 27.9. The van der Waals surface area contributed by atoms with E-state index < -0.39 is 35.2 Å². The van der Waals surface area contributed by atoms with Crippen molar-refractivity contribution >= 4 is 35.2 Å². The molecule has 0 saturated carbocycles. The molecule has 2 atom stereocenters. The van der Waals surface area contributed by atoms with Gasteiger partial charge in [-0.05, 0) is 51.9 Å². The predicted molar refractivity (Wildman–Crippen MR) is 121 cm³/mol. The van der Waals surface area contributed by atoms with Gasteiger partial charge in [0, 0.05) is 14.2 Å². The highest BCUT2D eigenvalue weighted by Gasteiger charge is 2.24. The average molecular weight is 427 g/mol. The van der Waals surface area contributed by atoms with Crippen LogP contribution in [0.5, 0.6) is 0 Å². The van der Waals surface area contributed by atoms with Gasteiger partial charge in [0.25, 0.3) is 0 Å². The summed E-state index contributed by atoms with van der Waals surface area (Å²) in [6.45, 7) is 17.6. The van der Waals surface area contributed by atoms with Gasteiger partial charge in [0.15, 0.2) is 16.6 Å². The Balaban J connectivity index is 0. The fourth-order valence-electron chi connectivity index (χ4n) is 2.43. The van der Waals surface area contributed by atoms with Gasteiger partial charge >= 0.3 is 18.6 Å². The molecule has 0 aliphatic rings. The Morgan fingerprint density at radius 3 is 1.52 bits per heavy atom. The van der Waals surface area contributed by atoms with E-state index >= 15 is 0 Å². The van der Waals surface area contributed by atoms with Gasteiger partial charge in [0.05, 0.1) is 0 Å². The van der Waals surface area contributed by atoms with Gasteiger partial charge < -0.3 is 17.1 Å². The minimum Gasteiger partial charge on any atom is -0.438 e. The molecule has 4 nitrogen and oxygen atoms in total. The summed E-state index contributed by atoms with van der Waals surface area (Å²) in [5.74, 6) is 0. The number of hydrogen-bond acceptors (Lipinski definition) is 4. The number of rotatable bonds is 13. The van der Waals surface area contributed by atoms with Gasteiger partial charge in [-0.3, -0.25) is 0 Å². The third-order valence-electron chi connectivity index (χ3n) is 3.80. The summed E-state index contributed by atoms with van der Waals surface area (Å²) in [7, 11) is -1.79. The second kappa shape index (κ2) is 15.7. The molecule has 154 valence electrons. The number of hydrogen-bond donors (Lipinski definition) is 0. The Kier molecular flexibility index (Phi) is 17.6. The zero-order chi connectivity index (χ0) is 19.9. The van der Waals surface area contributed by atoms with Crippen LogP contribution in [0.15, 0.2) is 0 Å². The Bertz CT molecular complexity index is 299. The minimum atomic E-state index is -1.42. The van der Waals surface area contributed by atoms with E-state index in [0.717, 1.165) is 0 Å². The van der Waals surface area contributed by atoms with Crippen molar-refractivity contribution in [2.45, 2.75) is 97.3 Å². The zero-order valence-corrected chi connectivity index (χ0v) is 23.0. The molecule has 0 N–H and O–H groups in total. The molecule has 0 heterocycles. The van der Waals surface area contributed by atoms with Crippen molar-refractivity contribution in [3.63, 3.8) is 0 Å². The van der Waals surface area contributed by atoms with Crippen LogP contribution in [-0.2, 0) is 17.1 Å². The minimum absolute atomic E-state index is 1.24. The first-order valence-electron chi connectivity index (χ1n) is 9.88. The summed E-state index contributed by atoms with van der Waals surface area (Å²) < 4.78 is 22.1. The van der Waals surface area contributed by atoms with Crippen molar-refractivity contribution in [2.75, 3.05) is 14.2 Å². The van der Waals surface area contributed by atoms with Crippen LogP contribution in [-0.4, -0.2) is 49.4 Å². The highest BCUT2D eigenvalue weighted by atomic mass is 28.4. The molecular weight excluding hydrogens is 381 g/mol. The molecule has 0 fully saturated rings. The van der Waals surface area contributed by atoms with Gasteiger partial charge in [-0.2, -0.15) is 0 Å². The van der Waals surface area contributed by atoms with E-state index in [1.165, 1.54) is 44.6 Å². The zero-order valence-electron chi connectivity index (χ0n) is 18.7. The summed E-state index contributed by atoms with van der Waals surface area (Å²) in [6, 6.07) is 1.29. The van der Waals surface area contributed by atoms with Crippen LogP contribution in [0.2, 0.25) is 51.9 Å². The molecule has 8 heteroatoms. The fraction of sp³-hybridized carbons (Fsp3) is 1.00. The molecule has 0 rings (SSSR count). The van der Waals surface area contributed by atoms with Crippen molar-refractivity contribution in [1.29, 1.82) is 0 Å². The topological polar surface area (TPSA) is 36.9 Å². The lowest BCUT2D eigenvalue weighted by Crippen LogP contribution is -2.37. The van der Waals surface area contributed by atoms with Gasteiger partial charge in [-0.15, -0.1) is 0 Å². The Morgan fingerprint density at radius 1 is 0.680 bits per heavy atom. The molecule has 0 saturated heterocycles. The summed E-state index contributed by atoms with van der Waals surface area (Å²) in [4.78, 5) is 0. The van der Waals surface area contributed by atoms with Crippen LogP contribution >= 0.6 is 0 Å². The van der Waals surface area contributed by atoms with E-state index in [2.05, 4.69) is 52.8 Å². The Labute approximate surface area is 163 Å². The normalized spacial score (nSPS) is 14.6. The van der Waals surface area contributed by atoms with Gasteiger partial charge in [-0.25, -0.2) is 0 Å². The monoisotopic (exact) mass is 426 g/mol. The van der Waals surface area contributed by atoms with Crippen molar-refractivity contribution in [2.24, 2.45) is 0 Å². The van der Waals surface area contributed by atoms with E-state index in [0.29, 0.717) is 0 Å². The molecule has 0 spiro atoms. The molecule has 0 radical (unpaired) electrons. The van der Waals surface area contributed by atoms with E-state index in [9.17, 15) is 0 Å². The summed E-state index contributed by atoms with van der Waals surface area (Å²) in [6.07, 6.45) is 8.25. The molecule has 0 aromatic heterocycles. The van der Waals surface area contributed by atoms with Crippen LogP contribution < -0.4 is 0 Å². The maximum atomic E-state index is 6.07. The van der Waals surface area contributed by atoms with E-state index in [4.69, 9.17) is 17.1 Å². The van der Waals surface area contributed by atoms with Crippen molar-refractivity contribution in [1.82, 2.24) is 0 Å². The second-order valence-corrected chi connectivity index (χ2v) is 21.6. The summed E-state index contributed by atoms with van der Waals surface area (Å²) in [5, 5.41) is 0. The molecule has 0 amide bonds. The van der Waals surface area contributed by atoms with Crippen LogP contribution in [0.25, 0.3) is 0 Å². The molecule has 2 unspecified atom stereocenters. The average Bonchev–Trinajstić information content (AvgIpc) is 2.49. The number of unbranched alkanes of at least 4 members (excludes halogenated alkanes) is 5. The van der Waals surface area contributed by atoms with E-state index in [-0.39, 0.29) is 0 Å². The lowest BCUT2D eigenvalue weighted by molar-refractivity contribution is 0.337. The molecule has 0 aromatic carbocycles. The maximum Gasteiger partial charge on any atom is 0.307 e. The molecule has 25 heavy (non-hydrogen) atoms. The quantitative estimate of drug-likeness (QED) is 0.292. The summed E-state index contributed by atoms with van der Waals surface area (Å²) >= 11 is 0. The molecule has 0 aromatic rings. The van der Waals surface area contributed by atoms with E-state index in [1.54, 1.807) is 14.2 Å². The smallest absolute Gasteiger partial charge is 0.307 e.